The molecule has 0 aliphatic carbocycles. The Bertz CT molecular complexity index is 1840. The van der Waals surface area contributed by atoms with Crippen LogP contribution in [0.5, 0.6) is 0 Å². The molecule has 8 heteroatoms. The second kappa shape index (κ2) is 9.70. The zero-order chi connectivity index (χ0) is 25.2. The molecular weight excluding hydrogens is 492 g/mol. The molecule has 2 heterocycles. The van der Waals surface area contributed by atoms with E-state index in [0.29, 0.717) is 20.9 Å². The lowest BCUT2D eigenvalue weighted by molar-refractivity contribution is -0.111. The van der Waals surface area contributed by atoms with E-state index in [1.807, 2.05) is 54.2 Å². The number of nitriles is 1. The third-order valence-electron chi connectivity index (χ3n) is 5.73. The number of rotatable bonds is 4. The molecule has 36 heavy (non-hydrogen) atoms. The number of halogens is 1. The highest BCUT2D eigenvalue weighted by Gasteiger charge is 2.18. The van der Waals surface area contributed by atoms with Crippen LogP contribution in [0.1, 0.15) is 5.56 Å². The molecule has 0 fully saturated rings. The third kappa shape index (κ3) is 4.24. The summed E-state index contributed by atoms with van der Waals surface area (Å²) in [7, 11) is 1.95. The summed E-state index contributed by atoms with van der Waals surface area (Å²) in [6.07, 6.45) is 3.76. The van der Waals surface area contributed by atoms with Gasteiger partial charge in [-0.3, -0.25) is 14.2 Å². The van der Waals surface area contributed by atoms with Crippen molar-refractivity contribution in [1.29, 1.82) is 5.26 Å². The molecule has 0 spiro atoms. The number of hydrogen-bond acceptors (Lipinski definition) is 4. The molecule has 6 nitrogen and oxygen atoms in total. The van der Waals surface area contributed by atoms with Crippen LogP contribution in [-0.2, 0) is 11.8 Å². The van der Waals surface area contributed by atoms with Gasteiger partial charge in [0.1, 0.15) is 10.7 Å². The van der Waals surface area contributed by atoms with Gasteiger partial charge in [0, 0.05) is 29.7 Å². The van der Waals surface area contributed by atoms with Crippen LogP contribution in [-0.4, -0.2) is 15.0 Å². The first-order chi connectivity index (χ1) is 17.5. The molecule has 1 amide bonds. The largest absolute Gasteiger partial charge is 0.350 e. The molecule has 5 rings (SSSR count). The highest BCUT2D eigenvalue weighted by molar-refractivity contribution is 7.07. The van der Waals surface area contributed by atoms with Gasteiger partial charge in [-0.15, -0.1) is 11.3 Å². The molecule has 0 saturated carbocycles. The average molecular weight is 511 g/mol. The summed E-state index contributed by atoms with van der Waals surface area (Å²) in [5, 5.41) is 14.0. The highest BCUT2D eigenvalue weighted by atomic mass is 35.5. The van der Waals surface area contributed by atoms with Crippen LogP contribution >= 0.6 is 22.9 Å². The van der Waals surface area contributed by atoms with E-state index in [1.54, 1.807) is 54.6 Å². The van der Waals surface area contributed by atoms with Gasteiger partial charge in [-0.2, -0.15) is 5.26 Å². The summed E-state index contributed by atoms with van der Waals surface area (Å²) >= 11 is 7.29. The second-order valence-corrected chi connectivity index (χ2v) is 9.46. The number of thiazole rings is 1. The minimum Gasteiger partial charge on any atom is -0.350 e. The molecule has 2 aromatic heterocycles. The number of carbonyl (C=O) groups is 1. The first-order valence-corrected chi connectivity index (χ1v) is 12.2. The predicted molar refractivity (Wildman–Crippen MR) is 145 cm³/mol. The maximum absolute atomic E-state index is 13.7. The monoisotopic (exact) mass is 510 g/mol. The van der Waals surface area contributed by atoms with Crippen LogP contribution in [0.25, 0.3) is 28.2 Å². The minimum atomic E-state index is -0.645. The van der Waals surface area contributed by atoms with Crippen LogP contribution in [0.3, 0.4) is 0 Å². The van der Waals surface area contributed by atoms with Crippen molar-refractivity contribution in [3.8, 4) is 11.8 Å². The summed E-state index contributed by atoms with van der Waals surface area (Å²) < 4.78 is 4.05. The Morgan fingerprint density at radius 2 is 1.72 bits per heavy atom. The molecule has 0 aliphatic heterocycles. The van der Waals surface area contributed by atoms with E-state index < -0.39 is 5.91 Å². The minimum absolute atomic E-state index is 0.182. The number of nitrogens with zero attached hydrogens (tertiary/aromatic N) is 3. The first kappa shape index (κ1) is 23.4. The fourth-order valence-corrected chi connectivity index (χ4v) is 5.31. The van der Waals surface area contributed by atoms with E-state index in [4.69, 9.17) is 11.6 Å². The van der Waals surface area contributed by atoms with Crippen molar-refractivity contribution >= 4 is 57.1 Å². The van der Waals surface area contributed by atoms with Gasteiger partial charge in [0.15, 0.2) is 5.57 Å². The summed E-state index contributed by atoms with van der Waals surface area (Å²) in [6, 6.07) is 25.6. The van der Waals surface area contributed by atoms with Crippen molar-refractivity contribution in [2.75, 3.05) is 5.32 Å². The Morgan fingerprint density at radius 1 is 1.03 bits per heavy atom. The molecule has 1 N–H and O–H groups in total. The van der Waals surface area contributed by atoms with Gasteiger partial charge in [0.05, 0.1) is 20.9 Å². The number of para-hydroxylation sites is 3. The lowest BCUT2D eigenvalue weighted by atomic mass is 10.2. The molecule has 5 aromatic rings. The summed E-state index contributed by atoms with van der Waals surface area (Å²) in [4.78, 5) is 26.8. The molecule has 0 aliphatic rings. The van der Waals surface area contributed by atoms with Gasteiger partial charge in [-0.1, -0.05) is 60.1 Å². The standard InChI is InChI=1S/C28H19ClN4O2S/c1-32-17-18(20-11-5-8-14-24(20)32)15-25-27(35)33(19-9-3-2-4-10-19)28(36-25)21(16-30)26(34)31-23-13-7-6-12-22(23)29/h2-15,17H,1H3,(H,31,34). The fourth-order valence-electron chi connectivity index (χ4n) is 4.03. The molecule has 0 atom stereocenters. The van der Waals surface area contributed by atoms with E-state index in [0.717, 1.165) is 27.8 Å². The van der Waals surface area contributed by atoms with Crippen molar-refractivity contribution in [3.05, 3.63) is 115 Å². The Balaban J connectivity index is 1.77. The van der Waals surface area contributed by atoms with Crippen molar-refractivity contribution in [2.24, 2.45) is 7.05 Å². The Morgan fingerprint density at radius 3 is 2.47 bits per heavy atom. The van der Waals surface area contributed by atoms with E-state index in [-0.39, 0.29) is 15.8 Å². The zero-order valence-electron chi connectivity index (χ0n) is 19.1. The SMILES string of the molecule is Cn1cc(C=c2sc(=C(C#N)C(=O)Nc3ccccc3Cl)n(-c3ccccc3)c2=O)c2ccccc21. The second-order valence-electron chi connectivity index (χ2n) is 8.03. The number of hydrogen-bond donors (Lipinski definition) is 1. The van der Waals surface area contributed by atoms with Crippen molar-refractivity contribution < 1.29 is 4.79 Å². The summed E-state index contributed by atoms with van der Waals surface area (Å²) in [5.41, 5.74) is 2.35. The van der Waals surface area contributed by atoms with Crippen LogP contribution in [0.4, 0.5) is 5.69 Å². The van der Waals surface area contributed by atoms with Gasteiger partial charge in [-0.05, 0) is 36.4 Å². The predicted octanol–water partition coefficient (Wildman–Crippen LogP) is 4.19. The Hall–Kier alpha value is -4.38. The quantitative estimate of drug-likeness (QED) is 0.394. The van der Waals surface area contributed by atoms with E-state index in [2.05, 4.69) is 5.32 Å². The van der Waals surface area contributed by atoms with Gasteiger partial charge in [-0.25, -0.2) is 0 Å². The van der Waals surface area contributed by atoms with Crippen molar-refractivity contribution in [1.82, 2.24) is 9.13 Å². The Kier molecular flexibility index (Phi) is 6.30. The van der Waals surface area contributed by atoms with Crippen molar-refractivity contribution in [2.45, 2.75) is 0 Å². The number of fused-ring (bicyclic) bond motifs is 1. The topological polar surface area (TPSA) is 79.8 Å². The molecule has 0 saturated heterocycles. The fraction of sp³-hybridized carbons (Fsp3) is 0.0357. The molecule has 0 unspecified atom stereocenters. The van der Waals surface area contributed by atoms with Gasteiger partial charge in [0.2, 0.25) is 0 Å². The number of nitrogens with one attached hydrogen (secondary N) is 1. The zero-order valence-corrected chi connectivity index (χ0v) is 20.7. The van der Waals surface area contributed by atoms with Crippen molar-refractivity contribution in [3.63, 3.8) is 0 Å². The first-order valence-electron chi connectivity index (χ1n) is 11.0. The number of anilines is 1. The van der Waals surface area contributed by atoms with Crippen LogP contribution < -0.4 is 20.1 Å². The molecule has 3 aromatic carbocycles. The Labute approximate surface area is 215 Å². The molecule has 0 bridgehead atoms. The number of carbonyl (C=O) groups excluding carboxylic acids is 1. The van der Waals surface area contributed by atoms with Crippen LogP contribution in [0, 0.1) is 11.3 Å². The van der Waals surface area contributed by atoms with E-state index in [1.165, 1.54) is 4.57 Å². The number of amides is 1. The van der Waals surface area contributed by atoms with Gasteiger partial charge >= 0.3 is 0 Å². The normalized spacial score (nSPS) is 12.4. The number of benzene rings is 3. The maximum Gasteiger partial charge on any atom is 0.273 e. The number of aryl methyl sites for hydroxylation is 1. The third-order valence-corrected chi connectivity index (χ3v) is 7.15. The van der Waals surface area contributed by atoms with Gasteiger partial charge < -0.3 is 9.88 Å². The number of aromatic nitrogens is 2. The van der Waals surface area contributed by atoms with Gasteiger partial charge in [0.25, 0.3) is 11.5 Å². The van der Waals surface area contributed by atoms with Crippen LogP contribution in [0.2, 0.25) is 5.02 Å². The lowest BCUT2D eigenvalue weighted by Crippen LogP contribution is -2.32. The van der Waals surface area contributed by atoms with E-state index >= 15 is 0 Å². The van der Waals surface area contributed by atoms with E-state index in [9.17, 15) is 14.9 Å². The maximum atomic E-state index is 13.7. The van der Waals surface area contributed by atoms with Crippen LogP contribution in [0.15, 0.2) is 89.9 Å². The average Bonchev–Trinajstić information content (AvgIpc) is 3.38. The lowest BCUT2D eigenvalue weighted by Gasteiger charge is -2.07. The highest BCUT2D eigenvalue weighted by Crippen LogP contribution is 2.22. The molecule has 0 radical (unpaired) electrons. The molecular formula is C28H19ClN4O2S. The summed E-state index contributed by atoms with van der Waals surface area (Å²) in [6.45, 7) is 0. The molecule has 176 valence electrons. The summed E-state index contributed by atoms with van der Waals surface area (Å²) in [5.74, 6) is -0.645. The smallest absolute Gasteiger partial charge is 0.273 e.